The van der Waals surface area contributed by atoms with Gasteiger partial charge in [0.05, 0.1) is 6.42 Å². The number of unbranched alkanes of at least 4 members (excludes halogenated alkanes) is 2. The Balaban J connectivity index is 1.83. The second-order valence-electron chi connectivity index (χ2n) is 7.37. The van der Waals surface area contributed by atoms with Crippen LogP contribution in [0.15, 0.2) is 53.4 Å². The number of halogens is 5. The minimum atomic E-state index is -4.86. The fourth-order valence-electron chi connectivity index (χ4n) is 3.05. The van der Waals surface area contributed by atoms with Crippen molar-refractivity contribution < 1.29 is 40.7 Å². The van der Waals surface area contributed by atoms with E-state index >= 15 is 0 Å². The van der Waals surface area contributed by atoms with Crippen molar-refractivity contribution in [2.75, 3.05) is 12.3 Å². The molecular weight excluding hydrogens is 500 g/mol. The Morgan fingerprint density at radius 1 is 0.971 bits per heavy atom. The number of ether oxygens (including phenoxy) is 1. The van der Waals surface area contributed by atoms with Crippen LogP contribution >= 0.6 is 20.0 Å². The molecule has 1 unspecified atom stereocenters. The first-order chi connectivity index (χ1) is 16.0. The molecule has 2 N–H and O–H groups in total. The Bertz CT molecular complexity index is 903. The molecule has 0 spiro atoms. The predicted molar refractivity (Wildman–Crippen MR) is 120 cm³/mol. The van der Waals surface area contributed by atoms with Crippen LogP contribution in [0.4, 0.5) is 22.0 Å². The minimum Gasteiger partial charge on any atom is -0.405 e. The molecule has 0 radical (unpaired) electrons. The molecule has 0 amide bonds. The Morgan fingerprint density at radius 2 is 1.71 bits per heavy atom. The van der Waals surface area contributed by atoms with Gasteiger partial charge in [-0.1, -0.05) is 42.8 Å². The Hall–Kier alpha value is -1.78. The van der Waals surface area contributed by atoms with E-state index in [1.165, 1.54) is 29.5 Å². The van der Waals surface area contributed by atoms with E-state index in [9.17, 15) is 26.5 Å². The molecule has 0 bridgehead atoms. The Morgan fingerprint density at radius 3 is 2.38 bits per heavy atom. The maximum Gasteiger partial charge on any atom is 0.701 e. The lowest BCUT2D eigenvalue weighted by Gasteiger charge is -2.15. The standard InChI is InChI=1S/C22H25F5NO4PS/c23-21(24,32-33(29)30)12-13-28-16-18-10-11-20(19(15-18)31-22(25,26)27)34-14-6-2-5-9-17-7-3-1-4-8-17/h1,3-4,7-8,10-11,15,28H,2,5-6,9,12-14,16H2/p+1. The lowest BCUT2D eigenvalue weighted by molar-refractivity contribution is -0.275. The highest BCUT2D eigenvalue weighted by Gasteiger charge is 2.40. The highest BCUT2D eigenvalue weighted by atomic mass is 32.2. The number of hydrogen-bond donors (Lipinski definition) is 2. The van der Waals surface area contributed by atoms with E-state index in [-0.39, 0.29) is 18.8 Å². The van der Waals surface area contributed by atoms with Gasteiger partial charge < -0.3 is 10.1 Å². The Kier molecular flexibility index (Phi) is 11.7. The van der Waals surface area contributed by atoms with Crippen molar-refractivity contribution in [1.82, 2.24) is 5.32 Å². The normalized spacial score (nSPS) is 12.6. The van der Waals surface area contributed by atoms with Crippen LogP contribution in [0.3, 0.4) is 0 Å². The molecule has 34 heavy (non-hydrogen) atoms. The van der Waals surface area contributed by atoms with Gasteiger partial charge in [0.1, 0.15) is 5.75 Å². The lowest BCUT2D eigenvalue weighted by Crippen LogP contribution is -2.25. The van der Waals surface area contributed by atoms with Crippen molar-refractivity contribution in [3.05, 3.63) is 59.7 Å². The van der Waals surface area contributed by atoms with Crippen molar-refractivity contribution in [2.24, 2.45) is 0 Å². The molecule has 2 rings (SSSR count). The highest BCUT2D eigenvalue weighted by molar-refractivity contribution is 7.99. The number of nitrogens with one attached hydrogen (secondary N) is 1. The van der Waals surface area contributed by atoms with E-state index in [0.717, 1.165) is 25.7 Å². The van der Waals surface area contributed by atoms with Crippen molar-refractivity contribution in [3.8, 4) is 5.75 Å². The molecule has 0 saturated carbocycles. The molecular formula is C22H26F5NO4PS+. The molecule has 2 aromatic carbocycles. The summed E-state index contributed by atoms with van der Waals surface area (Å²) in [6, 6.07) is 14.4. The molecule has 188 valence electrons. The fourth-order valence-corrected chi connectivity index (χ4v) is 4.34. The van der Waals surface area contributed by atoms with Gasteiger partial charge in [-0.25, -0.2) is 0 Å². The molecule has 0 aliphatic rings. The third-order valence-corrected chi connectivity index (χ3v) is 6.14. The Labute approximate surface area is 200 Å². The molecule has 0 aromatic heterocycles. The summed E-state index contributed by atoms with van der Waals surface area (Å²) >= 11 is 1.27. The number of rotatable bonds is 15. The van der Waals surface area contributed by atoms with Gasteiger partial charge in [-0.2, -0.15) is 8.78 Å². The van der Waals surface area contributed by atoms with Crippen LogP contribution in [0.5, 0.6) is 5.75 Å². The van der Waals surface area contributed by atoms with Crippen molar-refractivity contribution in [1.29, 1.82) is 0 Å². The van der Waals surface area contributed by atoms with Crippen LogP contribution < -0.4 is 10.1 Å². The number of hydrogen-bond acceptors (Lipinski definition) is 5. The second kappa shape index (κ2) is 13.9. The quantitative estimate of drug-likeness (QED) is 0.115. The molecule has 5 nitrogen and oxygen atoms in total. The largest absolute Gasteiger partial charge is 0.701 e. The summed E-state index contributed by atoms with van der Waals surface area (Å²) < 4.78 is 83.2. The van der Waals surface area contributed by atoms with Gasteiger partial charge in [-0.3, -0.25) is 0 Å². The fraction of sp³-hybridized carbons (Fsp3) is 0.455. The third-order valence-electron chi connectivity index (χ3n) is 4.58. The van der Waals surface area contributed by atoms with E-state index < -0.39 is 27.1 Å². The maximum absolute atomic E-state index is 13.2. The summed E-state index contributed by atoms with van der Waals surface area (Å²) in [7, 11) is -3.45. The number of alkyl halides is 5. The van der Waals surface area contributed by atoms with Crippen LogP contribution in [-0.4, -0.2) is 29.7 Å². The van der Waals surface area contributed by atoms with Gasteiger partial charge >= 0.3 is 20.7 Å². The predicted octanol–water partition coefficient (Wildman–Crippen LogP) is 6.83. The van der Waals surface area contributed by atoms with Gasteiger partial charge in [0, 0.05) is 22.6 Å². The number of aryl methyl sites for hydroxylation is 1. The highest BCUT2D eigenvalue weighted by Crippen LogP contribution is 2.35. The van der Waals surface area contributed by atoms with E-state index in [2.05, 4.69) is 26.7 Å². The van der Waals surface area contributed by atoms with E-state index in [1.807, 2.05) is 18.2 Å². The van der Waals surface area contributed by atoms with Gasteiger partial charge in [-0.15, -0.1) is 29.8 Å². The van der Waals surface area contributed by atoms with Gasteiger partial charge in [0.2, 0.25) is 0 Å². The van der Waals surface area contributed by atoms with Crippen LogP contribution in [0.25, 0.3) is 0 Å². The molecule has 2 aromatic rings. The van der Waals surface area contributed by atoms with Gasteiger partial charge in [0.15, 0.2) is 0 Å². The third kappa shape index (κ3) is 12.1. The first kappa shape index (κ1) is 28.5. The van der Waals surface area contributed by atoms with Crippen molar-refractivity contribution in [2.45, 2.75) is 56.0 Å². The topological polar surface area (TPSA) is 67.8 Å². The van der Waals surface area contributed by atoms with Crippen molar-refractivity contribution >= 4 is 20.0 Å². The number of benzene rings is 2. The molecule has 0 fully saturated rings. The van der Waals surface area contributed by atoms with Crippen LogP contribution in [0, 0.1) is 0 Å². The minimum absolute atomic E-state index is 0.00000824. The van der Waals surface area contributed by atoms with Crippen LogP contribution in [0.1, 0.15) is 36.8 Å². The summed E-state index contributed by atoms with van der Waals surface area (Å²) in [4.78, 5) is 8.75. The summed E-state index contributed by atoms with van der Waals surface area (Å²) in [5.41, 5.74) is 1.66. The zero-order valence-corrected chi connectivity index (χ0v) is 19.9. The molecule has 12 heteroatoms. The first-order valence-corrected chi connectivity index (χ1v) is 12.6. The molecule has 0 aliphatic heterocycles. The summed E-state index contributed by atoms with van der Waals surface area (Å²) in [6.07, 6.45) is -5.82. The van der Waals surface area contributed by atoms with E-state index in [1.54, 1.807) is 6.07 Å². The molecule has 0 aliphatic carbocycles. The van der Waals surface area contributed by atoms with E-state index in [0.29, 0.717) is 16.2 Å². The summed E-state index contributed by atoms with van der Waals surface area (Å²) in [6.45, 7) is -0.287. The van der Waals surface area contributed by atoms with Crippen molar-refractivity contribution in [3.63, 3.8) is 0 Å². The number of thioether (sulfide) groups is 1. The van der Waals surface area contributed by atoms with Crippen LogP contribution in [-0.2, 0) is 22.1 Å². The van der Waals surface area contributed by atoms with E-state index in [4.69, 9.17) is 4.89 Å². The molecule has 1 atom stereocenters. The smallest absolute Gasteiger partial charge is 0.405 e. The summed E-state index contributed by atoms with van der Waals surface area (Å²) in [5, 5.41) is 2.64. The maximum atomic E-state index is 13.2. The molecule has 0 heterocycles. The van der Waals surface area contributed by atoms with Crippen LogP contribution in [0.2, 0.25) is 0 Å². The second-order valence-corrected chi connectivity index (χ2v) is 9.16. The average molecular weight is 526 g/mol. The summed E-state index contributed by atoms with van der Waals surface area (Å²) in [5.74, 6) is 0.287. The lowest BCUT2D eigenvalue weighted by atomic mass is 10.1. The SMILES string of the molecule is O=[P+](O)OC(F)(F)CCNCc1ccc(SCCCCCc2ccccc2)c(OC(F)(F)F)c1. The molecule has 0 saturated heterocycles. The first-order valence-electron chi connectivity index (χ1n) is 10.5. The van der Waals surface area contributed by atoms with Gasteiger partial charge in [0.25, 0.3) is 0 Å². The zero-order valence-electron chi connectivity index (χ0n) is 18.2. The zero-order chi connectivity index (χ0) is 25.0. The average Bonchev–Trinajstić information content (AvgIpc) is 2.73. The van der Waals surface area contributed by atoms with Gasteiger partial charge in [-0.05, 0) is 52.8 Å². The monoisotopic (exact) mass is 526 g/mol.